The van der Waals surface area contributed by atoms with E-state index in [9.17, 15) is 0 Å². The summed E-state index contributed by atoms with van der Waals surface area (Å²) in [6.45, 7) is 6.45. The van der Waals surface area contributed by atoms with Crippen LogP contribution in [0.15, 0.2) is 6.07 Å². The number of fused-ring (bicyclic) bond motifs is 1. The van der Waals surface area contributed by atoms with Crippen LogP contribution in [0.1, 0.15) is 18.5 Å². The van der Waals surface area contributed by atoms with Crippen molar-refractivity contribution >= 4 is 11.9 Å². The van der Waals surface area contributed by atoms with Crippen molar-refractivity contribution in [1.29, 1.82) is 0 Å². The lowest BCUT2D eigenvalue weighted by Gasteiger charge is -2.26. The van der Waals surface area contributed by atoms with E-state index in [-0.39, 0.29) is 0 Å². The first kappa shape index (κ1) is 18.2. The first-order valence-corrected chi connectivity index (χ1v) is 8.02. The fourth-order valence-corrected chi connectivity index (χ4v) is 2.57. The molecule has 2 aliphatic rings. The van der Waals surface area contributed by atoms with Gasteiger partial charge in [0.05, 0.1) is 13.2 Å². The Balaban J connectivity index is 0.000000301. The van der Waals surface area contributed by atoms with Gasteiger partial charge in [-0.05, 0) is 19.3 Å². The zero-order chi connectivity index (χ0) is 17.4. The summed E-state index contributed by atoms with van der Waals surface area (Å²) in [5.41, 5.74) is 1.32. The maximum atomic E-state index is 9.10. The van der Waals surface area contributed by atoms with Gasteiger partial charge < -0.3 is 19.7 Å². The highest BCUT2D eigenvalue weighted by molar-refractivity contribution is 6.27. The number of aliphatic carboxylic acids is 2. The number of carboxylic acids is 2. The van der Waals surface area contributed by atoms with E-state index in [0.717, 1.165) is 58.3 Å². The van der Waals surface area contributed by atoms with E-state index in [1.165, 1.54) is 18.5 Å². The zero-order valence-electron chi connectivity index (χ0n) is 13.5. The lowest BCUT2D eigenvalue weighted by Crippen LogP contribution is -2.38. The molecular formula is C15H23N3O6. The summed E-state index contributed by atoms with van der Waals surface area (Å²) in [7, 11) is 0. The van der Waals surface area contributed by atoms with Crippen molar-refractivity contribution in [2.24, 2.45) is 0 Å². The molecule has 1 saturated heterocycles. The lowest BCUT2D eigenvalue weighted by atomic mass is 10.1. The van der Waals surface area contributed by atoms with Gasteiger partial charge in [0.2, 0.25) is 5.88 Å². The Bertz CT molecular complexity index is 518. The molecule has 3 rings (SSSR count). The second kappa shape index (κ2) is 9.24. The number of morpholine rings is 1. The van der Waals surface area contributed by atoms with Gasteiger partial charge in [-0.3, -0.25) is 9.58 Å². The number of hydrogen-bond donors (Lipinski definition) is 2. The quantitative estimate of drug-likeness (QED) is 0.741. The van der Waals surface area contributed by atoms with Crippen molar-refractivity contribution in [3.05, 3.63) is 11.8 Å². The standard InChI is InChI=1S/C13H21N3O2.C2H2O4/c1-2-4-16-12(3-1)11-13(14-16)18-10-7-15-5-8-17-9-6-15;3-1(4)2(5)6/h11H,1-10H2;(H,3,4)(H,5,6). The first-order chi connectivity index (χ1) is 11.6. The van der Waals surface area contributed by atoms with E-state index in [2.05, 4.69) is 20.7 Å². The highest BCUT2D eigenvalue weighted by atomic mass is 16.5. The SMILES string of the molecule is O=C(O)C(=O)O.c1c(OCCN2CCOCC2)nn2c1CCCC2. The van der Waals surface area contributed by atoms with E-state index in [0.29, 0.717) is 0 Å². The van der Waals surface area contributed by atoms with E-state index in [1.807, 2.05) is 0 Å². The zero-order valence-corrected chi connectivity index (χ0v) is 13.5. The first-order valence-electron chi connectivity index (χ1n) is 8.02. The largest absolute Gasteiger partial charge is 0.475 e. The average Bonchev–Trinajstić information content (AvgIpc) is 2.99. The van der Waals surface area contributed by atoms with Crippen LogP contribution in [0.5, 0.6) is 5.88 Å². The molecule has 0 amide bonds. The monoisotopic (exact) mass is 341 g/mol. The third kappa shape index (κ3) is 5.82. The van der Waals surface area contributed by atoms with Crippen molar-refractivity contribution in [2.75, 3.05) is 39.5 Å². The van der Waals surface area contributed by atoms with E-state index in [4.69, 9.17) is 29.3 Å². The predicted octanol–water partition coefficient (Wildman–Crippen LogP) is 0.0860. The highest BCUT2D eigenvalue weighted by Gasteiger charge is 2.14. The minimum absolute atomic E-state index is 0.719. The molecule has 2 N–H and O–H groups in total. The summed E-state index contributed by atoms with van der Waals surface area (Å²) in [6, 6.07) is 2.10. The highest BCUT2D eigenvalue weighted by Crippen LogP contribution is 2.19. The molecule has 3 heterocycles. The molecule has 9 nitrogen and oxygen atoms in total. The molecular weight excluding hydrogens is 318 g/mol. The molecule has 0 aromatic carbocycles. The minimum atomic E-state index is -1.82. The summed E-state index contributed by atoms with van der Waals surface area (Å²) in [5.74, 6) is -2.86. The maximum Gasteiger partial charge on any atom is 0.414 e. The third-order valence-electron chi connectivity index (χ3n) is 3.84. The van der Waals surface area contributed by atoms with E-state index < -0.39 is 11.9 Å². The molecule has 0 spiro atoms. The topological polar surface area (TPSA) is 114 Å². The number of aromatic nitrogens is 2. The number of ether oxygens (including phenoxy) is 2. The number of carbonyl (C=O) groups is 2. The Morgan fingerprint density at radius 2 is 1.88 bits per heavy atom. The van der Waals surface area contributed by atoms with Gasteiger partial charge in [-0.1, -0.05) is 0 Å². The average molecular weight is 341 g/mol. The van der Waals surface area contributed by atoms with Gasteiger partial charge >= 0.3 is 11.9 Å². The molecule has 0 bridgehead atoms. The molecule has 0 unspecified atom stereocenters. The summed E-state index contributed by atoms with van der Waals surface area (Å²) in [5, 5.41) is 19.3. The maximum absolute atomic E-state index is 9.10. The van der Waals surface area contributed by atoms with Crippen LogP contribution < -0.4 is 4.74 Å². The van der Waals surface area contributed by atoms with Crippen molar-refractivity contribution in [1.82, 2.24) is 14.7 Å². The fraction of sp³-hybridized carbons (Fsp3) is 0.667. The minimum Gasteiger partial charge on any atom is -0.475 e. The van der Waals surface area contributed by atoms with Gasteiger partial charge in [0, 0.05) is 37.9 Å². The van der Waals surface area contributed by atoms with Crippen LogP contribution in [0.3, 0.4) is 0 Å². The molecule has 0 saturated carbocycles. The van der Waals surface area contributed by atoms with Gasteiger partial charge in [0.25, 0.3) is 0 Å². The van der Waals surface area contributed by atoms with Crippen molar-refractivity contribution in [3.63, 3.8) is 0 Å². The summed E-state index contributed by atoms with van der Waals surface area (Å²) >= 11 is 0. The fourth-order valence-electron chi connectivity index (χ4n) is 2.57. The number of hydrogen-bond acceptors (Lipinski definition) is 6. The van der Waals surface area contributed by atoms with E-state index >= 15 is 0 Å². The van der Waals surface area contributed by atoms with Crippen LogP contribution >= 0.6 is 0 Å². The second-order valence-electron chi connectivity index (χ2n) is 5.57. The Hall–Kier alpha value is -2.13. The Morgan fingerprint density at radius 3 is 2.50 bits per heavy atom. The van der Waals surface area contributed by atoms with Gasteiger partial charge in [-0.2, -0.15) is 0 Å². The molecule has 1 aromatic heterocycles. The van der Waals surface area contributed by atoms with Gasteiger partial charge in [-0.15, -0.1) is 5.10 Å². The molecule has 9 heteroatoms. The molecule has 0 atom stereocenters. The van der Waals surface area contributed by atoms with Crippen LogP contribution in [-0.2, 0) is 27.3 Å². The summed E-state index contributed by atoms with van der Waals surface area (Å²) in [4.78, 5) is 20.6. The lowest BCUT2D eigenvalue weighted by molar-refractivity contribution is -0.159. The number of nitrogens with zero attached hydrogens (tertiary/aromatic N) is 3. The molecule has 134 valence electrons. The Labute approximate surface area is 139 Å². The molecule has 0 aliphatic carbocycles. The van der Waals surface area contributed by atoms with Crippen molar-refractivity contribution in [3.8, 4) is 5.88 Å². The molecule has 0 radical (unpaired) electrons. The van der Waals surface area contributed by atoms with Crippen LogP contribution in [0.4, 0.5) is 0 Å². The number of carboxylic acid groups (broad SMARTS) is 2. The van der Waals surface area contributed by atoms with Crippen molar-refractivity contribution in [2.45, 2.75) is 25.8 Å². The van der Waals surface area contributed by atoms with Crippen LogP contribution in [0.2, 0.25) is 0 Å². The number of aryl methyl sites for hydroxylation is 2. The summed E-state index contributed by atoms with van der Waals surface area (Å²) < 4.78 is 13.2. The number of rotatable bonds is 4. The van der Waals surface area contributed by atoms with Crippen LogP contribution in [0.25, 0.3) is 0 Å². The van der Waals surface area contributed by atoms with E-state index in [1.54, 1.807) is 0 Å². The predicted molar refractivity (Wildman–Crippen MR) is 83.2 cm³/mol. The van der Waals surface area contributed by atoms with Gasteiger partial charge in [0.1, 0.15) is 6.61 Å². The van der Waals surface area contributed by atoms with Crippen LogP contribution in [-0.4, -0.2) is 76.3 Å². The Kier molecular flexibility index (Phi) is 7.01. The smallest absolute Gasteiger partial charge is 0.414 e. The normalized spacial score (nSPS) is 17.3. The Morgan fingerprint density at radius 1 is 1.17 bits per heavy atom. The second-order valence-corrected chi connectivity index (χ2v) is 5.57. The van der Waals surface area contributed by atoms with Crippen molar-refractivity contribution < 1.29 is 29.3 Å². The molecule has 1 fully saturated rings. The third-order valence-corrected chi connectivity index (χ3v) is 3.84. The molecule has 24 heavy (non-hydrogen) atoms. The van der Waals surface area contributed by atoms with Gasteiger partial charge in [-0.25, -0.2) is 9.59 Å². The summed E-state index contributed by atoms with van der Waals surface area (Å²) in [6.07, 6.45) is 3.65. The van der Waals surface area contributed by atoms with Gasteiger partial charge in [0.15, 0.2) is 0 Å². The van der Waals surface area contributed by atoms with Crippen LogP contribution in [0, 0.1) is 0 Å². The molecule has 1 aromatic rings. The molecule has 2 aliphatic heterocycles.